The van der Waals surface area contributed by atoms with E-state index < -0.39 is 0 Å². The number of ether oxygens (including phenoxy) is 2. The lowest BCUT2D eigenvalue weighted by atomic mass is 10.1. The zero-order chi connectivity index (χ0) is 10.5. The van der Waals surface area contributed by atoms with E-state index in [4.69, 9.17) is 9.47 Å². The van der Waals surface area contributed by atoms with Crippen LogP contribution >= 0.6 is 12.6 Å². The molecule has 2 nitrogen and oxygen atoms in total. The molecule has 0 aromatic heterocycles. The van der Waals surface area contributed by atoms with Gasteiger partial charge in [0.25, 0.3) is 0 Å². The molecule has 0 atom stereocenters. The molecule has 0 bridgehead atoms. The standard InChI is InChI=1S/C11H24O2S/c1-12-8-6-4-2-3-5-7-9-13-10-11-14/h14H,2-11H2,1H3. The average Bonchev–Trinajstić information content (AvgIpc) is 2.21. The number of hydrogen-bond acceptors (Lipinski definition) is 3. The third-order valence-electron chi connectivity index (χ3n) is 2.12. The molecule has 0 saturated carbocycles. The van der Waals surface area contributed by atoms with E-state index in [1.165, 1.54) is 38.5 Å². The maximum atomic E-state index is 5.33. The molecule has 0 N–H and O–H groups in total. The lowest BCUT2D eigenvalue weighted by Gasteiger charge is -2.02. The second kappa shape index (κ2) is 13.3. The zero-order valence-electron chi connectivity index (χ0n) is 9.33. The smallest absolute Gasteiger partial charge is 0.0554 e. The van der Waals surface area contributed by atoms with E-state index in [0.717, 1.165) is 25.6 Å². The number of thiol groups is 1. The monoisotopic (exact) mass is 220 g/mol. The Morgan fingerprint density at radius 1 is 0.786 bits per heavy atom. The Hall–Kier alpha value is 0.270. The SMILES string of the molecule is COCCCCCCCCOCCS. The van der Waals surface area contributed by atoms with Gasteiger partial charge in [-0.25, -0.2) is 0 Å². The van der Waals surface area contributed by atoms with Crippen LogP contribution in [0.15, 0.2) is 0 Å². The second-order valence-corrected chi connectivity index (χ2v) is 3.90. The Bertz CT molecular complexity index is 87.3. The molecule has 0 aliphatic carbocycles. The highest BCUT2D eigenvalue weighted by molar-refractivity contribution is 7.80. The van der Waals surface area contributed by atoms with E-state index >= 15 is 0 Å². The van der Waals surface area contributed by atoms with Gasteiger partial charge in [0.15, 0.2) is 0 Å². The topological polar surface area (TPSA) is 18.5 Å². The summed E-state index contributed by atoms with van der Waals surface area (Å²) in [4.78, 5) is 0. The van der Waals surface area contributed by atoms with E-state index in [-0.39, 0.29) is 0 Å². The summed E-state index contributed by atoms with van der Waals surface area (Å²) in [5.41, 5.74) is 0. The molecular weight excluding hydrogens is 196 g/mol. The molecular formula is C11H24O2S. The van der Waals surface area contributed by atoms with E-state index in [1.807, 2.05) is 0 Å². The maximum absolute atomic E-state index is 5.33. The summed E-state index contributed by atoms with van der Waals surface area (Å²) in [5, 5.41) is 0. The maximum Gasteiger partial charge on any atom is 0.0554 e. The summed E-state index contributed by atoms with van der Waals surface area (Å²) < 4.78 is 10.3. The molecule has 0 aliphatic rings. The van der Waals surface area contributed by atoms with Crippen molar-refractivity contribution in [1.82, 2.24) is 0 Å². The van der Waals surface area contributed by atoms with Gasteiger partial charge in [-0.3, -0.25) is 0 Å². The van der Waals surface area contributed by atoms with Crippen molar-refractivity contribution < 1.29 is 9.47 Å². The molecule has 3 heteroatoms. The minimum Gasteiger partial charge on any atom is -0.385 e. The van der Waals surface area contributed by atoms with Crippen LogP contribution in [0, 0.1) is 0 Å². The van der Waals surface area contributed by atoms with E-state index in [9.17, 15) is 0 Å². The first-order valence-corrected chi connectivity index (χ1v) is 6.22. The molecule has 0 unspecified atom stereocenters. The number of methoxy groups -OCH3 is 1. The van der Waals surface area contributed by atoms with Gasteiger partial charge in [-0.2, -0.15) is 12.6 Å². The van der Waals surface area contributed by atoms with E-state index in [1.54, 1.807) is 7.11 Å². The van der Waals surface area contributed by atoms with Crippen LogP contribution in [-0.2, 0) is 9.47 Å². The molecule has 0 rings (SSSR count). The summed E-state index contributed by atoms with van der Waals surface area (Å²) >= 11 is 4.07. The van der Waals surface area contributed by atoms with Crippen molar-refractivity contribution in [3.63, 3.8) is 0 Å². The summed E-state index contributed by atoms with van der Waals surface area (Å²) in [6.45, 7) is 2.60. The average molecular weight is 220 g/mol. The molecule has 86 valence electrons. The third kappa shape index (κ3) is 12.3. The van der Waals surface area contributed by atoms with E-state index in [0.29, 0.717) is 0 Å². The van der Waals surface area contributed by atoms with Crippen molar-refractivity contribution in [1.29, 1.82) is 0 Å². The van der Waals surface area contributed by atoms with Crippen molar-refractivity contribution in [2.75, 3.05) is 32.7 Å². The summed E-state index contributed by atoms with van der Waals surface area (Å²) in [6, 6.07) is 0. The quantitative estimate of drug-likeness (QED) is 0.426. The lowest BCUT2D eigenvalue weighted by Crippen LogP contribution is -1.97. The Kier molecular flexibility index (Phi) is 13.5. The Morgan fingerprint density at radius 2 is 1.36 bits per heavy atom. The van der Waals surface area contributed by atoms with Crippen LogP contribution in [0.2, 0.25) is 0 Å². The Labute approximate surface area is 93.8 Å². The van der Waals surface area contributed by atoms with Crippen molar-refractivity contribution >= 4 is 12.6 Å². The molecule has 0 radical (unpaired) electrons. The van der Waals surface area contributed by atoms with Gasteiger partial charge >= 0.3 is 0 Å². The van der Waals surface area contributed by atoms with Gasteiger partial charge < -0.3 is 9.47 Å². The van der Waals surface area contributed by atoms with Crippen LogP contribution in [0.1, 0.15) is 38.5 Å². The highest BCUT2D eigenvalue weighted by Crippen LogP contribution is 2.05. The summed E-state index contributed by atoms with van der Waals surface area (Å²) in [5.74, 6) is 0.830. The molecule has 0 amide bonds. The Balaban J connectivity index is 2.78. The third-order valence-corrected chi connectivity index (χ3v) is 2.31. The van der Waals surface area contributed by atoms with Crippen LogP contribution in [0.25, 0.3) is 0 Å². The minimum atomic E-state index is 0.789. The van der Waals surface area contributed by atoms with Gasteiger partial charge in [0, 0.05) is 26.1 Å². The highest BCUT2D eigenvalue weighted by atomic mass is 32.1. The minimum absolute atomic E-state index is 0.789. The molecule has 0 spiro atoms. The fourth-order valence-corrected chi connectivity index (χ4v) is 1.45. The van der Waals surface area contributed by atoms with Crippen molar-refractivity contribution in [3.05, 3.63) is 0 Å². The number of rotatable bonds is 11. The van der Waals surface area contributed by atoms with Gasteiger partial charge in [-0.1, -0.05) is 25.7 Å². The van der Waals surface area contributed by atoms with Crippen molar-refractivity contribution in [2.45, 2.75) is 38.5 Å². The number of hydrogen-bond donors (Lipinski definition) is 1. The first kappa shape index (κ1) is 14.3. The van der Waals surface area contributed by atoms with Gasteiger partial charge in [0.2, 0.25) is 0 Å². The largest absolute Gasteiger partial charge is 0.385 e. The summed E-state index contributed by atoms with van der Waals surface area (Å²) in [6.07, 6.45) is 7.64. The molecule has 0 aliphatic heterocycles. The molecule has 0 fully saturated rings. The second-order valence-electron chi connectivity index (χ2n) is 3.45. The van der Waals surface area contributed by atoms with Crippen LogP contribution in [0.5, 0.6) is 0 Å². The fraction of sp³-hybridized carbons (Fsp3) is 1.00. The van der Waals surface area contributed by atoms with Crippen LogP contribution in [0.4, 0.5) is 0 Å². The fourth-order valence-electron chi connectivity index (χ4n) is 1.32. The molecule has 0 aromatic rings. The molecule has 0 saturated heterocycles. The van der Waals surface area contributed by atoms with Crippen LogP contribution in [0.3, 0.4) is 0 Å². The van der Waals surface area contributed by atoms with Gasteiger partial charge in [-0.05, 0) is 12.8 Å². The summed E-state index contributed by atoms with van der Waals surface area (Å²) in [7, 11) is 1.76. The zero-order valence-corrected chi connectivity index (χ0v) is 10.2. The predicted octanol–water partition coefficient (Wildman–Crippen LogP) is 2.92. The highest BCUT2D eigenvalue weighted by Gasteiger charge is 1.91. The van der Waals surface area contributed by atoms with Gasteiger partial charge in [0.1, 0.15) is 0 Å². The van der Waals surface area contributed by atoms with Crippen LogP contribution < -0.4 is 0 Å². The molecule has 14 heavy (non-hydrogen) atoms. The lowest BCUT2D eigenvalue weighted by molar-refractivity contribution is 0.145. The van der Waals surface area contributed by atoms with E-state index in [2.05, 4.69) is 12.6 Å². The normalized spacial score (nSPS) is 10.7. The predicted molar refractivity (Wildman–Crippen MR) is 64.3 cm³/mol. The Morgan fingerprint density at radius 3 is 1.93 bits per heavy atom. The first-order chi connectivity index (χ1) is 6.91. The van der Waals surface area contributed by atoms with Gasteiger partial charge in [0.05, 0.1) is 6.61 Å². The van der Waals surface area contributed by atoms with Crippen molar-refractivity contribution in [2.24, 2.45) is 0 Å². The number of unbranched alkanes of at least 4 members (excludes halogenated alkanes) is 5. The first-order valence-electron chi connectivity index (χ1n) is 5.59. The van der Waals surface area contributed by atoms with Gasteiger partial charge in [-0.15, -0.1) is 0 Å². The molecule has 0 aromatic carbocycles. The van der Waals surface area contributed by atoms with Crippen molar-refractivity contribution in [3.8, 4) is 0 Å². The molecule has 0 heterocycles. The van der Waals surface area contributed by atoms with Crippen LogP contribution in [-0.4, -0.2) is 32.7 Å².